The Balaban J connectivity index is 2.46. The molecule has 1 aromatic rings. The summed E-state index contributed by atoms with van der Waals surface area (Å²) in [4.78, 5) is 0.249. The average molecular weight is 271 g/mol. The number of thiocarbonyl (C=S) groups is 1. The molecule has 0 bridgehead atoms. The minimum Gasteiger partial charge on any atom is -0.389 e. The summed E-state index contributed by atoms with van der Waals surface area (Å²) in [6, 6.07) is 4.52. The quantitative estimate of drug-likeness (QED) is 0.611. The lowest BCUT2D eigenvalue weighted by molar-refractivity contribution is 0.0137. The molecule has 100 valence electrons. The van der Waals surface area contributed by atoms with Gasteiger partial charge in [-0.2, -0.15) is 0 Å². The molecule has 0 fully saturated rings. The molecule has 0 unspecified atom stereocenters. The highest BCUT2D eigenvalue weighted by molar-refractivity contribution is 7.80. The summed E-state index contributed by atoms with van der Waals surface area (Å²) in [6.07, 6.45) is 0.170. The maximum absolute atomic E-state index is 13.5. The SMILES string of the molecule is CC(C)OCCOCc1cc(C(N)=S)ccc1F. The summed E-state index contributed by atoms with van der Waals surface area (Å²) in [7, 11) is 0. The van der Waals surface area contributed by atoms with E-state index in [0.717, 1.165) is 0 Å². The van der Waals surface area contributed by atoms with Gasteiger partial charge in [0.05, 0.1) is 25.9 Å². The molecule has 0 aliphatic rings. The highest BCUT2D eigenvalue weighted by Gasteiger charge is 2.05. The van der Waals surface area contributed by atoms with Gasteiger partial charge in [-0.25, -0.2) is 4.39 Å². The number of rotatable bonds is 7. The fourth-order valence-electron chi connectivity index (χ4n) is 1.36. The van der Waals surface area contributed by atoms with Crippen LogP contribution in [0.5, 0.6) is 0 Å². The van der Waals surface area contributed by atoms with Crippen molar-refractivity contribution in [2.45, 2.75) is 26.6 Å². The molecule has 0 aliphatic carbocycles. The summed E-state index contributed by atoms with van der Waals surface area (Å²) in [5, 5.41) is 0. The van der Waals surface area contributed by atoms with E-state index in [1.54, 1.807) is 12.1 Å². The van der Waals surface area contributed by atoms with Gasteiger partial charge in [-0.1, -0.05) is 12.2 Å². The van der Waals surface area contributed by atoms with Crippen molar-refractivity contribution in [3.05, 3.63) is 35.1 Å². The molecule has 2 N–H and O–H groups in total. The Kier molecular flexibility index (Phi) is 6.18. The van der Waals surface area contributed by atoms with Gasteiger partial charge in [0.2, 0.25) is 0 Å². The predicted molar refractivity (Wildman–Crippen MR) is 73.0 cm³/mol. The lowest BCUT2D eigenvalue weighted by Crippen LogP contribution is -2.12. The summed E-state index contributed by atoms with van der Waals surface area (Å²) in [5.41, 5.74) is 6.58. The number of hydrogen-bond acceptors (Lipinski definition) is 3. The van der Waals surface area contributed by atoms with Crippen LogP contribution in [-0.4, -0.2) is 24.3 Å². The first kappa shape index (κ1) is 15.0. The average Bonchev–Trinajstić information content (AvgIpc) is 2.30. The zero-order chi connectivity index (χ0) is 13.5. The van der Waals surface area contributed by atoms with Gasteiger partial charge in [0.1, 0.15) is 10.8 Å². The predicted octanol–water partition coefficient (Wildman–Crippen LogP) is 2.40. The molecule has 0 spiro atoms. The molecule has 0 saturated heterocycles. The van der Waals surface area contributed by atoms with Crippen molar-refractivity contribution < 1.29 is 13.9 Å². The Morgan fingerprint density at radius 1 is 1.39 bits per heavy atom. The highest BCUT2D eigenvalue weighted by atomic mass is 32.1. The Bertz CT molecular complexity index is 410. The van der Waals surface area contributed by atoms with Crippen LogP contribution >= 0.6 is 12.2 Å². The van der Waals surface area contributed by atoms with Crippen LogP contribution in [0.25, 0.3) is 0 Å². The molecule has 0 heterocycles. The number of benzene rings is 1. The van der Waals surface area contributed by atoms with Crippen molar-refractivity contribution >= 4 is 17.2 Å². The molecule has 1 rings (SSSR count). The van der Waals surface area contributed by atoms with E-state index in [2.05, 4.69) is 0 Å². The van der Waals surface area contributed by atoms with Gasteiger partial charge in [0.25, 0.3) is 0 Å². The third kappa shape index (κ3) is 5.08. The van der Waals surface area contributed by atoms with Crippen LogP contribution in [-0.2, 0) is 16.1 Å². The number of hydrogen-bond donors (Lipinski definition) is 1. The molecule has 5 heteroatoms. The Hall–Kier alpha value is -1.04. The molecule has 0 radical (unpaired) electrons. The van der Waals surface area contributed by atoms with Crippen LogP contribution in [0.4, 0.5) is 4.39 Å². The van der Waals surface area contributed by atoms with Crippen molar-refractivity contribution in [2.75, 3.05) is 13.2 Å². The third-order valence-electron chi connectivity index (χ3n) is 2.27. The first-order valence-electron chi connectivity index (χ1n) is 5.78. The second kappa shape index (κ2) is 7.41. The van der Waals surface area contributed by atoms with Crippen LogP contribution in [0, 0.1) is 5.82 Å². The lowest BCUT2D eigenvalue weighted by atomic mass is 10.1. The molecule has 0 aliphatic heterocycles. The number of ether oxygens (including phenoxy) is 2. The molecule has 0 amide bonds. The van der Waals surface area contributed by atoms with Crippen LogP contribution in [0.1, 0.15) is 25.0 Å². The Labute approximate surface area is 112 Å². The largest absolute Gasteiger partial charge is 0.389 e. The van der Waals surface area contributed by atoms with Crippen LogP contribution < -0.4 is 5.73 Å². The lowest BCUT2D eigenvalue weighted by Gasteiger charge is -2.09. The van der Waals surface area contributed by atoms with E-state index in [1.807, 2.05) is 13.8 Å². The second-order valence-corrected chi connectivity index (χ2v) is 4.58. The molecule has 0 atom stereocenters. The van der Waals surface area contributed by atoms with Gasteiger partial charge in [-0.05, 0) is 32.0 Å². The van der Waals surface area contributed by atoms with Crippen LogP contribution in [0.3, 0.4) is 0 Å². The van der Waals surface area contributed by atoms with E-state index >= 15 is 0 Å². The highest BCUT2D eigenvalue weighted by Crippen LogP contribution is 2.12. The smallest absolute Gasteiger partial charge is 0.128 e. The first-order valence-corrected chi connectivity index (χ1v) is 6.19. The van der Waals surface area contributed by atoms with Gasteiger partial charge in [-0.3, -0.25) is 0 Å². The Morgan fingerprint density at radius 3 is 2.72 bits per heavy atom. The molecule has 18 heavy (non-hydrogen) atoms. The molecular formula is C13H18FNO2S. The summed E-state index contributed by atoms with van der Waals surface area (Å²) in [5.74, 6) is -0.320. The summed E-state index contributed by atoms with van der Waals surface area (Å²) < 4.78 is 24.1. The maximum atomic E-state index is 13.5. The van der Waals surface area contributed by atoms with E-state index in [4.69, 9.17) is 27.4 Å². The van der Waals surface area contributed by atoms with Gasteiger partial charge in [-0.15, -0.1) is 0 Å². The summed E-state index contributed by atoms with van der Waals surface area (Å²) in [6.45, 7) is 5.00. The van der Waals surface area contributed by atoms with E-state index in [0.29, 0.717) is 24.3 Å². The van der Waals surface area contributed by atoms with Crippen LogP contribution in [0.15, 0.2) is 18.2 Å². The van der Waals surface area contributed by atoms with E-state index < -0.39 is 0 Å². The van der Waals surface area contributed by atoms with Crippen molar-refractivity contribution in [3.63, 3.8) is 0 Å². The van der Waals surface area contributed by atoms with E-state index in [1.165, 1.54) is 6.07 Å². The van der Waals surface area contributed by atoms with E-state index in [9.17, 15) is 4.39 Å². The fourth-order valence-corrected chi connectivity index (χ4v) is 1.49. The molecule has 3 nitrogen and oxygen atoms in total. The molecular weight excluding hydrogens is 253 g/mol. The summed E-state index contributed by atoms with van der Waals surface area (Å²) >= 11 is 4.84. The monoisotopic (exact) mass is 271 g/mol. The topological polar surface area (TPSA) is 44.5 Å². The van der Waals surface area contributed by atoms with Crippen molar-refractivity contribution in [1.29, 1.82) is 0 Å². The van der Waals surface area contributed by atoms with Crippen molar-refractivity contribution in [3.8, 4) is 0 Å². The zero-order valence-electron chi connectivity index (χ0n) is 10.6. The normalized spacial score (nSPS) is 10.9. The molecule has 0 aromatic heterocycles. The zero-order valence-corrected chi connectivity index (χ0v) is 11.4. The fraction of sp³-hybridized carbons (Fsp3) is 0.462. The standard InChI is InChI=1S/C13H18FNO2S/c1-9(2)17-6-5-16-8-11-7-10(13(15)18)3-4-12(11)14/h3-4,7,9H,5-6,8H2,1-2H3,(H2,15,18). The van der Waals surface area contributed by atoms with Crippen molar-refractivity contribution in [1.82, 2.24) is 0 Å². The van der Waals surface area contributed by atoms with Crippen LogP contribution in [0.2, 0.25) is 0 Å². The van der Waals surface area contributed by atoms with Gasteiger partial charge in [0, 0.05) is 11.1 Å². The third-order valence-corrected chi connectivity index (χ3v) is 2.50. The number of halogens is 1. The number of nitrogens with two attached hydrogens (primary N) is 1. The van der Waals surface area contributed by atoms with Gasteiger partial charge < -0.3 is 15.2 Å². The van der Waals surface area contributed by atoms with E-state index in [-0.39, 0.29) is 23.5 Å². The van der Waals surface area contributed by atoms with Gasteiger partial charge >= 0.3 is 0 Å². The minimum atomic E-state index is -0.320. The molecule has 0 saturated carbocycles. The Morgan fingerprint density at radius 2 is 2.11 bits per heavy atom. The van der Waals surface area contributed by atoms with Crippen molar-refractivity contribution in [2.24, 2.45) is 5.73 Å². The first-order chi connectivity index (χ1) is 8.50. The molecule has 1 aromatic carbocycles. The maximum Gasteiger partial charge on any atom is 0.128 e. The second-order valence-electron chi connectivity index (χ2n) is 4.14. The van der Waals surface area contributed by atoms with Gasteiger partial charge in [0.15, 0.2) is 0 Å². The minimum absolute atomic E-state index is 0.170.